The van der Waals surface area contributed by atoms with Crippen LogP contribution in [-0.4, -0.2) is 12.6 Å². The van der Waals surface area contributed by atoms with Gasteiger partial charge in [0.1, 0.15) is 0 Å². The van der Waals surface area contributed by atoms with Crippen LogP contribution in [0.4, 0.5) is 0 Å². The average molecular weight is 371 g/mol. The molecule has 0 heterocycles. The Morgan fingerprint density at radius 1 is 1.04 bits per heavy atom. The lowest BCUT2D eigenvalue weighted by atomic mass is 9.78. The molecule has 0 aliphatic heterocycles. The highest BCUT2D eigenvalue weighted by atomic mass is 16.5. The molecule has 27 heavy (non-hydrogen) atoms. The van der Waals surface area contributed by atoms with Gasteiger partial charge in [-0.2, -0.15) is 0 Å². The maximum atomic E-state index is 11.5. The first-order valence-electron chi connectivity index (χ1n) is 10.0. The molecular weight excluding hydrogens is 332 g/mol. The Labute approximate surface area is 166 Å². The highest BCUT2D eigenvalue weighted by molar-refractivity contribution is 5.83. The molecule has 0 radical (unpaired) electrons. The zero-order valence-corrected chi connectivity index (χ0v) is 18.8. The van der Waals surface area contributed by atoms with Crippen LogP contribution in [0.2, 0.25) is 0 Å². The third-order valence-electron chi connectivity index (χ3n) is 4.76. The number of carbonyl (C=O) groups is 1. The molecule has 150 valence electrons. The molecule has 0 saturated heterocycles. The van der Waals surface area contributed by atoms with E-state index >= 15 is 0 Å². The van der Waals surface area contributed by atoms with Gasteiger partial charge in [-0.15, -0.1) is 0 Å². The summed E-state index contributed by atoms with van der Waals surface area (Å²) in [4.78, 5) is 11.5. The predicted octanol–water partition coefficient (Wildman–Crippen LogP) is 6.84. The molecule has 0 saturated carbocycles. The van der Waals surface area contributed by atoms with E-state index in [0.717, 1.165) is 12.0 Å². The fraction of sp³-hybridized carbons (Fsp3) is 0.560. The summed E-state index contributed by atoms with van der Waals surface area (Å²) in [6.07, 6.45) is 6.63. The quantitative estimate of drug-likeness (QED) is 0.311. The van der Waals surface area contributed by atoms with E-state index in [1.54, 1.807) is 6.08 Å². The van der Waals surface area contributed by atoms with Gasteiger partial charge in [0.25, 0.3) is 0 Å². The largest absolute Gasteiger partial charge is 0.463 e. The van der Waals surface area contributed by atoms with E-state index in [9.17, 15) is 4.79 Å². The monoisotopic (exact) mass is 370 g/mol. The van der Waals surface area contributed by atoms with Crippen molar-refractivity contribution in [2.75, 3.05) is 6.61 Å². The molecule has 2 nitrogen and oxygen atoms in total. The predicted molar refractivity (Wildman–Crippen MR) is 116 cm³/mol. The van der Waals surface area contributed by atoms with E-state index in [1.807, 2.05) is 19.9 Å². The Morgan fingerprint density at radius 3 is 2.00 bits per heavy atom. The van der Waals surface area contributed by atoms with Crippen molar-refractivity contribution >= 4 is 5.97 Å². The minimum atomic E-state index is -0.277. The number of benzene rings is 1. The van der Waals surface area contributed by atoms with Gasteiger partial charge in [0, 0.05) is 6.08 Å². The second kappa shape index (κ2) is 9.39. The molecule has 1 aromatic carbocycles. The van der Waals surface area contributed by atoms with Crippen molar-refractivity contribution in [1.29, 1.82) is 0 Å². The molecule has 1 rings (SSSR count). The van der Waals surface area contributed by atoms with Gasteiger partial charge in [-0.3, -0.25) is 0 Å². The molecule has 0 bridgehead atoms. The van der Waals surface area contributed by atoms with Crippen molar-refractivity contribution < 1.29 is 9.53 Å². The van der Waals surface area contributed by atoms with Gasteiger partial charge in [0.2, 0.25) is 0 Å². The van der Waals surface area contributed by atoms with Crippen LogP contribution < -0.4 is 0 Å². The van der Waals surface area contributed by atoms with Crippen LogP contribution in [0.3, 0.4) is 0 Å². The SMILES string of the molecule is CCOC(=O)C=C(C)C=CCC(C)c1cc(C(C)(C)C)cc(C(C)(C)C)c1. The Morgan fingerprint density at radius 2 is 1.56 bits per heavy atom. The second-order valence-electron chi connectivity index (χ2n) is 9.52. The molecule has 0 fully saturated rings. The average Bonchev–Trinajstić information content (AvgIpc) is 2.52. The summed E-state index contributed by atoms with van der Waals surface area (Å²) in [5, 5.41) is 0. The van der Waals surface area contributed by atoms with Crippen molar-refractivity contribution in [2.24, 2.45) is 0 Å². The Kier molecular flexibility index (Phi) is 8.07. The molecular formula is C25H38O2. The lowest BCUT2D eigenvalue weighted by Gasteiger charge is -2.27. The highest BCUT2D eigenvalue weighted by Crippen LogP contribution is 2.33. The van der Waals surface area contributed by atoms with Gasteiger partial charge in [0.15, 0.2) is 0 Å². The highest BCUT2D eigenvalue weighted by Gasteiger charge is 2.21. The second-order valence-corrected chi connectivity index (χ2v) is 9.52. The van der Waals surface area contributed by atoms with Crippen molar-refractivity contribution in [3.8, 4) is 0 Å². The Bertz CT molecular complexity index is 662. The first kappa shape index (κ1) is 23.2. The normalized spacial score (nSPS) is 14.5. The molecule has 0 aliphatic carbocycles. The van der Waals surface area contributed by atoms with E-state index in [1.165, 1.54) is 16.7 Å². The van der Waals surface area contributed by atoms with Crippen molar-refractivity contribution in [1.82, 2.24) is 0 Å². The molecule has 1 atom stereocenters. The van der Waals surface area contributed by atoms with Crippen molar-refractivity contribution in [3.05, 3.63) is 58.7 Å². The summed E-state index contributed by atoms with van der Waals surface area (Å²) in [6.45, 7) is 20.0. The number of allylic oxidation sites excluding steroid dienone is 3. The molecule has 0 N–H and O–H groups in total. The smallest absolute Gasteiger partial charge is 0.330 e. The molecule has 0 aromatic heterocycles. The van der Waals surface area contributed by atoms with Gasteiger partial charge in [-0.05, 0) is 59.3 Å². The number of hydrogen-bond acceptors (Lipinski definition) is 2. The van der Waals surface area contributed by atoms with Gasteiger partial charge >= 0.3 is 5.97 Å². The third kappa shape index (κ3) is 7.74. The zero-order chi connectivity index (χ0) is 20.8. The van der Waals surface area contributed by atoms with Crippen LogP contribution in [0.1, 0.15) is 91.3 Å². The summed E-state index contributed by atoms with van der Waals surface area (Å²) >= 11 is 0. The van der Waals surface area contributed by atoms with Gasteiger partial charge in [-0.25, -0.2) is 4.79 Å². The van der Waals surface area contributed by atoms with Crippen LogP contribution in [0, 0.1) is 0 Å². The lowest BCUT2D eigenvalue weighted by Crippen LogP contribution is -2.17. The van der Waals surface area contributed by atoms with Crippen LogP contribution >= 0.6 is 0 Å². The summed E-state index contributed by atoms with van der Waals surface area (Å²) in [6, 6.07) is 7.07. The molecule has 2 heteroatoms. The Balaban J connectivity index is 3.01. The van der Waals surface area contributed by atoms with Crippen LogP contribution in [0.15, 0.2) is 42.0 Å². The van der Waals surface area contributed by atoms with Crippen LogP contribution in [0.25, 0.3) is 0 Å². The van der Waals surface area contributed by atoms with E-state index in [4.69, 9.17) is 4.74 Å². The zero-order valence-electron chi connectivity index (χ0n) is 18.8. The fourth-order valence-electron chi connectivity index (χ4n) is 2.81. The fourth-order valence-corrected chi connectivity index (χ4v) is 2.81. The summed E-state index contributed by atoms with van der Waals surface area (Å²) in [5.74, 6) is 0.139. The topological polar surface area (TPSA) is 26.3 Å². The third-order valence-corrected chi connectivity index (χ3v) is 4.76. The number of esters is 1. The number of hydrogen-bond donors (Lipinski definition) is 0. The van der Waals surface area contributed by atoms with E-state index in [-0.39, 0.29) is 16.8 Å². The van der Waals surface area contributed by atoms with E-state index < -0.39 is 0 Å². The molecule has 1 aromatic rings. The molecule has 1 unspecified atom stereocenters. The number of carbonyl (C=O) groups excluding carboxylic acids is 1. The van der Waals surface area contributed by atoms with Gasteiger partial charge in [-0.1, -0.05) is 78.8 Å². The van der Waals surface area contributed by atoms with Crippen molar-refractivity contribution in [2.45, 2.75) is 85.5 Å². The Hall–Kier alpha value is -1.83. The number of ether oxygens (including phenoxy) is 1. The maximum absolute atomic E-state index is 11.5. The van der Waals surface area contributed by atoms with Crippen LogP contribution in [0.5, 0.6) is 0 Å². The summed E-state index contributed by atoms with van der Waals surface area (Å²) < 4.78 is 4.95. The molecule has 0 aliphatic rings. The minimum absolute atomic E-state index is 0.129. The summed E-state index contributed by atoms with van der Waals surface area (Å²) in [7, 11) is 0. The lowest BCUT2D eigenvalue weighted by molar-refractivity contribution is -0.137. The first-order chi connectivity index (χ1) is 12.3. The minimum Gasteiger partial charge on any atom is -0.463 e. The summed E-state index contributed by atoms with van der Waals surface area (Å²) in [5.41, 5.74) is 5.33. The standard InChI is InChI=1S/C25H38O2/c1-10-27-23(26)14-18(2)12-11-13-19(3)20-15-21(24(4,5)6)17-22(16-20)25(7,8)9/h11-12,14-17,19H,10,13H2,1-9H3. The maximum Gasteiger partial charge on any atom is 0.330 e. The van der Waals surface area contributed by atoms with E-state index in [0.29, 0.717) is 12.5 Å². The van der Waals surface area contributed by atoms with E-state index in [2.05, 4.69) is 72.7 Å². The van der Waals surface area contributed by atoms with Gasteiger partial charge in [0.05, 0.1) is 6.61 Å². The molecule has 0 spiro atoms. The van der Waals surface area contributed by atoms with Crippen LogP contribution in [-0.2, 0) is 20.4 Å². The number of rotatable bonds is 6. The molecule has 0 amide bonds. The first-order valence-corrected chi connectivity index (χ1v) is 10.0. The van der Waals surface area contributed by atoms with Crippen molar-refractivity contribution in [3.63, 3.8) is 0 Å². The van der Waals surface area contributed by atoms with Gasteiger partial charge < -0.3 is 4.74 Å².